The molecule has 1 aromatic rings. The van der Waals surface area contributed by atoms with Crippen molar-refractivity contribution in [2.45, 2.75) is 25.8 Å². The highest BCUT2D eigenvalue weighted by Gasteiger charge is 2.18. The molecule has 2 rings (SSSR count). The summed E-state index contributed by atoms with van der Waals surface area (Å²) in [7, 11) is 2.04. The molecule has 0 spiro atoms. The van der Waals surface area contributed by atoms with Gasteiger partial charge in [-0.05, 0) is 85.5 Å². The van der Waals surface area contributed by atoms with E-state index in [1.165, 1.54) is 37.9 Å². The van der Waals surface area contributed by atoms with Crippen LogP contribution in [0.25, 0.3) is 0 Å². The van der Waals surface area contributed by atoms with Gasteiger partial charge in [0.05, 0.1) is 5.02 Å². The van der Waals surface area contributed by atoms with E-state index in [1.807, 2.05) is 13.1 Å². The van der Waals surface area contributed by atoms with Crippen molar-refractivity contribution in [3.8, 4) is 0 Å². The number of nitrogens with one attached hydrogen (secondary N) is 1. The largest absolute Gasteiger partial charge is 0.320 e. The molecule has 1 saturated heterocycles. The predicted octanol–water partition coefficient (Wildman–Crippen LogP) is 4.35. The summed E-state index contributed by atoms with van der Waals surface area (Å²) in [5.74, 6) is 0.903. The van der Waals surface area contributed by atoms with Crippen LogP contribution in [-0.2, 0) is 6.54 Å². The third-order valence-corrected chi connectivity index (χ3v) is 5.11. The lowest BCUT2D eigenvalue weighted by Gasteiger charge is -2.32. The molecule has 0 atom stereocenters. The third-order valence-electron chi connectivity index (χ3n) is 3.90. The molecule has 1 aliphatic rings. The van der Waals surface area contributed by atoms with Gasteiger partial charge in [0.1, 0.15) is 0 Å². The van der Waals surface area contributed by atoms with Gasteiger partial charge < -0.3 is 5.32 Å². The minimum atomic E-state index is 0. The fraction of sp³-hybridized carbons (Fsp3) is 0.600. The first kappa shape index (κ1) is 18.2. The van der Waals surface area contributed by atoms with Gasteiger partial charge in [0.15, 0.2) is 0 Å². The number of hydrogen-bond acceptors (Lipinski definition) is 2. The van der Waals surface area contributed by atoms with Crippen LogP contribution in [-0.4, -0.2) is 31.6 Å². The van der Waals surface area contributed by atoms with Gasteiger partial charge in [0.2, 0.25) is 0 Å². The van der Waals surface area contributed by atoms with Crippen LogP contribution in [0.4, 0.5) is 0 Å². The van der Waals surface area contributed by atoms with E-state index in [-0.39, 0.29) is 12.4 Å². The highest BCUT2D eigenvalue weighted by atomic mass is 79.9. The van der Waals surface area contributed by atoms with Gasteiger partial charge in [-0.2, -0.15) is 0 Å². The Hall–Kier alpha value is 0.200. The second-order valence-corrected chi connectivity index (χ2v) is 6.62. The first-order chi connectivity index (χ1) is 9.19. The van der Waals surface area contributed by atoms with Gasteiger partial charge >= 0.3 is 0 Å². The van der Waals surface area contributed by atoms with Gasteiger partial charge in [-0.1, -0.05) is 17.7 Å². The molecule has 0 radical (unpaired) electrons. The molecule has 5 heteroatoms. The van der Waals surface area contributed by atoms with Crippen LogP contribution >= 0.6 is 39.9 Å². The molecule has 1 fully saturated rings. The van der Waals surface area contributed by atoms with Crippen LogP contribution in [0.2, 0.25) is 5.02 Å². The number of benzene rings is 1. The fourth-order valence-electron chi connectivity index (χ4n) is 2.68. The van der Waals surface area contributed by atoms with E-state index in [0.717, 1.165) is 28.5 Å². The predicted molar refractivity (Wildman–Crippen MR) is 92.9 cm³/mol. The Morgan fingerprint density at radius 2 is 2.05 bits per heavy atom. The number of halogens is 3. The summed E-state index contributed by atoms with van der Waals surface area (Å²) in [6, 6.07) is 6.23. The van der Waals surface area contributed by atoms with Gasteiger partial charge in [-0.25, -0.2) is 0 Å². The van der Waals surface area contributed by atoms with E-state index in [1.54, 1.807) is 0 Å². The highest BCUT2D eigenvalue weighted by molar-refractivity contribution is 9.10. The second-order valence-electron chi connectivity index (χ2n) is 5.36. The Morgan fingerprint density at radius 3 is 2.65 bits per heavy atom. The van der Waals surface area contributed by atoms with Crippen molar-refractivity contribution >= 4 is 39.9 Å². The lowest BCUT2D eigenvalue weighted by atomic mass is 9.93. The Labute approximate surface area is 141 Å². The van der Waals surface area contributed by atoms with Crippen molar-refractivity contribution in [3.63, 3.8) is 0 Å². The standard InChI is InChI=1S/C15H22BrClN2.ClH/c1-18-7-4-12-5-8-19(9-6-12)11-13-2-3-15(17)14(16)10-13;/h2-3,10,12,18H,4-9,11H2,1H3;1H. The number of hydrogen-bond donors (Lipinski definition) is 1. The molecule has 1 heterocycles. The molecule has 0 unspecified atom stereocenters. The molecule has 0 aliphatic carbocycles. The Bertz CT molecular complexity index is 407. The van der Waals surface area contributed by atoms with Crippen LogP contribution in [0.1, 0.15) is 24.8 Å². The summed E-state index contributed by atoms with van der Waals surface area (Å²) in [6.45, 7) is 4.62. The van der Waals surface area contributed by atoms with Crippen molar-refractivity contribution in [1.82, 2.24) is 10.2 Å². The van der Waals surface area contributed by atoms with Crippen LogP contribution < -0.4 is 5.32 Å². The topological polar surface area (TPSA) is 15.3 Å². The Kier molecular flexibility index (Phi) is 8.45. The molecule has 0 bridgehead atoms. The molecule has 20 heavy (non-hydrogen) atoms. The van der Waals surface area contributed by atoms with Crippen LogP contribution in [0.5, 0.6) is 0 Å². The molecule has 1 aliphatic heterocycles. The smallest absolute Gasteiger partial charge is 0.0548 e. The van der Waals surface area contributed by atoms with E-state index in [2.05, 4.69) is 38.3 Å². The summed E-state index contributed by atoms with van der Waals surface area (Å²) in [5.41, 5.74) is 1.34. The summed E-state index contributed by atoms with van der Waals surface area (Å²) < 4.78 is 0.996. The molecular weight excluding hydrogens is 359 g/mol. The number of nitrogens with zero attached hydrogens (tertiary/aromatic N) is 1. The van der Waals surface area contributed by atoms with Crippen molar-refractivity contribution in [2.24, 2.45) is 5.92 Å². The maximum absolute atomic E-state index is 6.02. The highest BCUT2D eigenvalue weighted by Crippen LogP contribution is 2.25. The fourth-order valence-corrected chi connectivity index (χ4v) is 3.22. The first-order valence-corrected chi connectivity index (χ1v) is 8.17. The van der Waals surface area contributed by atoms with Crippen molar-refractivity contribution in [3.05, 3.63) is 33.3 Å². The molecular formula is C15H23BrCl2N2. The average molecular weight is 382 g/mol. The summed E-state index contributed by atoms with van der Waals surface area (Å²) in [5, 5.41) is 4.03. The lowest BCUT2D eigenvalue weighted by Crippen LogP contribution is -2.34. The number of rotatable bonds is 5. The van der Waals surface area contributed by atoms with Gasteiger partial charge in [-0.3, -0.25) is 4.90 Å². The maximum Gasteiger partial charge on any atom is 0.0548 e. The average Bonchev–Trinajstić information content (AvgIpc) is 2.42. The van der Waals surface area contributed by atoms with E-state index < -0.39 is 0 Å². The van der Waals surface area contributed by atoms with Gasteiger partial charge in [0, 0.05) is 11.0 Å². The van der Waals surface area contributed by atoms with E-state index >= 15 is 0 Å². The molecule has 1 aromatic carbocycles. The summed E-state index contributed by atoms with van der Waals surface area (Å²) >= 11 is 9.52. The van der Waals surface area contributed by atoms with Crippen molar-refractivity contribution in [1.29, 1.82) is 0 Å². The van der Waals surface area contributed by atoms with E-state index in [0.29, 0.717) is 0 Å². The normalized spacial score (nSPS) is 16.9. The molecule has 1 N–H and O–H groups in total. The van der Waals surface area contributed by atoms with Crippen LogP contribution in [0.15, 0.2) is 22.7 Å². The Morgan fingerprint density at radius 1 is 1.35 bits per heavy atom. The lowest BCUT2D eigenvalue weighted by molar-refractivity contribution is 0.172. The first-order valence-electron chi connectivity index (χ1n) is 7.00. The molecule has 2 nitrogen and oxygen atoms in total. The molecule has 0 aromatic heterocycles. The molecule has 0 saturated carbocycles. The van der Waals surface area contributed by atoms with Crippen LogP contribution in [0, 0.1) is 5.92 Å². The monoisotopic (exact) mass is 380 g/mol. The summed E-state index contributed by atoms with van der Waals surface area (Å²) in [6.07, 6.45) is 3.98. The molecule has 114 valence electrons. The zero-order valence-electron chi connectivity index (χ0n) is 11.9. The number of likely N-dealkylation sites (tertiary alicyclic amines) is 1. The zero-order chi connectivity index (χ0) is 13.7. The summed E-state index contributed by atoms with van der Waals surface area (Å²) in [4.78, 5) is 2.55. The Balaban J connectivity index is 0.00000200. The van der Waals surface area contributed by atoms with Crippen molar-refractivity contribution < 1.29 is 0 Å². The van der Waals surface area contributed by atoms with Crippen molar-refractivity contribution in [2.75, 3.05) is 26.7 Å². The maximum atomic E-state index is 6.02. The SMILES string of the molecule is CNCCC1CCN(Cc2ccc(Cl)c(Br)c2)CC1.Cl. The van der Waals surface area contributed by atoms with Gasteiger partial charge in [-0.15, -0.1) is 12.4 Å². The van der Waals surface area contributed by atoms with E-state index in [4.69, 9.17) is 11.6 Å². The number of piperidine rings is 1. The van der Waals surface area contributed by atoms with E-state index in [9.17, 15) is 0 Å². The second kappa shape index (κ2) is 9.26. The van der Waals surface area contributed by atoms with Gasteiger partial charge in [0.25, 0.3) is 0 Å². The van der Waals surface area contributed by atoms with Crippen LogP contribution in [0.3, 0.4) is 0 Å². The third kappa shape index (κ3) is 5.53. The molecule has 0 amide bonds. The zero-order valence-corrected chi connectivity index (χ0v) is 15.0. The quantitative estimate of drug-likeness (QED) is 0.815. The minimum absolute atomic E-state index is 0. The minimum Gasteiger partial charge on any atom is -0.320 e.